The summed E-state index contributed by atoms with van der Waals surface area (Å²) in [6, 6.07) is 19.2. The lowest BCUT2D eigenvalue weighted by molar-refractivity contribution is -0.137. The summed E-state index contributed by atoms with van der Waals surface area (Å²) in [6.45, 7) is 9.44. The van der Waals surface area contributed by atoms with Crippen LogP contribution in [0.5, 0.6) is 0 Å². The van der Waals surface area contributed by atoms with Crippen molar-refractivity contribution in [1.82, 2.24) is 45.3 Å². The van der Waals surface area contributed by atoms with Crippen LogP contribution in [0.4, 0.5) is 4.39 Å². The number of halogens is 1. The van der Waals surface area contributed by atoms with Crippen LogP contribution < -0.4 is 16.2 Å². The van der Waals surface area contributed by atoms with Crippen molar-refractivity contribution in [2.45, 2.75) is 76.2 Å². The van der Waals surface area contributed by atoms with Gasteiger partial charge in [0.1, 0.15) is 11.9 Å². The zero-order valence-electron chi connectivity index (χ0n) is 38.7. The van der Waals surface area contributed by atoms with E-state index in [1.54, 1.807) is 29.2 Å². The molecule has 1 saturated carbocycles. The molecule has 5 aliphatic rings. The molecule has 3 aromatic carbocycles. The molecular weight excluding hydrogens is 850 g/mol. The van der Waals surface area contributed by atoms with Gasteiger partial charge < -0.3 is 30.2 Å². The van der Waals surface area contributed by atoms with Gasteiger partial charge in [-0.2, -0.15) is 5.10 Å². The maximum absolute atomic E-state index is 15.1. The van der Waals surface area contributed by atoms with Gasteiger partial charge >= 0.3 is 0 Å². The van der Waals surface area contributed by atoms with E-state index in [9.17, 15) is 24.0 Å². The topological polar surface area (TPSA) is 154 Å². The second-order valence-corrected chi connectivity index (χ2v) is 19.6. The lowest BCUT2D eigenvalue weighted by Gasteiger charge is -2.41. The van der Waals surface area contributed by atoms with E-state index in [-0.39, 0.29) is 34.8 Å². The van der Waals surface area contributed by atoms with Gasteiger partial charge in [0.2, 0.25) is 11.8 Å². The number of amides is 4. The van der Waals surface area contributed by atoms with Crippen LogP contribution >= 0.6 is 0 Å². The van der Waals surface area contributed by atoms with Crippen LogP contribution in [-0.4, -0.2) is 156 Å². The summed E-state index contributed by atoms with van der Waals surface area (Å²) in [6.07, 6.45) is 9.74. The number of H-pyrrole nitrogens is 1. The number of hydrogen-bond acceptors (Lipinski definition) is 9. The standard InChI is InChI=1S/C52H66FN9O5/c53-45-16-15-37(31-46-42-13-4-5-14-43(42)50(65)57-56-46)30-44(45)51(66)62-28-26-60(27-29-62)47(63)35-59-24-22-58(23-25-59)34-36-17-20-61(21-18-36)52(67)48(38-8-2-1-3-9-38)55-49(64)40-11-6-10-39(32-40)41-12-7-19-54-33-41/h4-6,10-11,13-16,30,32,36,38,41,48,54H,1-3,7-9,12,17-29,31,33-35H2,(H,55,64)(H,57,65)/t41-,48+/m0/s1. The summed E-state index contributed by atoms with van der Waals surface area (Å²) in [5.41, 5.74) is 2.86. The summed E-state index contributed by atoms with van der Waals surface area (Å²) in [4.78, 5) is 77.4. The van der Waals surface area contributed by atoms with Gasteiger partial charge in [-0.05, 0) is 104 Å². The van der Waals surface area contributed by atoms with Crippen molar-refractivity contribution in [3.05, 3.63) is 111 Å². The highest BCUT2D eigenvalue weighted by Crippen LogP contribution is 2.30. The van der Waals surface area contributed by atoms with E-state index in [0.717, 1.165) is 97.2 Å². The SMILES string of the molecule is O=C(N[C@@H](C(=O)N1CCC(CN2CCN(CC(=O)N3CCN(C(=O)c4cc(Cc5n[nH]c(=O)c6ccccc56)ccc4F)CC3)CC2)CC1)C1CCCCC1)c1cccc([C@H]2CCCNC2)c1. The number of aromatic amines is 1. The molecule has 0 bridgehead atoms. The Kier molecular flexibility index (Phi) is 15.0. The minimum atomic E-state index is -0.600. The van der Waals surface area contributed by atoms with Crippen molar-refractivity contribution in [1.29, 1.82) is 0 Å². The third-order valence-electron chi connectivity index (χ3n) is 15.2. The fourth-order valence-corrected chi connectivity index (χ4v) is 11.1. The van der Waals surface area contributed by atoms with Gasteiger partial charge in [0.25, 0.3) is 17.4 Å². The molecule has 1 aromatic heterocycles. The third kappa shape index (κ3) is 11.3. The number of piperidine rings is 2. The second-order valence-electron chi connectivity index (χ2n) is 19.6. The number of nitrogens with zero attached hydrogens (tertiary/aromatic N) is 6. The maximum Gasteiger partial charge on any atom is 0.272 e. The van der Waals surface area contributed by atoms with Gasteiger partial charge in [0.15, 0.2) is 0 Å². The van der Waals surface area contributed by atoms with E-state index in [2.05, 4.69) is 36.7 Å². The van der Waals surface area contributed by atoms with E-state index in [0.29, 0.717) is 91.7 Å². The summed E-state index contributed by atoms with van der Waals surface area (Å²) in [5.74, 6) is 0.00994. The molecule has 15 heteroatoms. The molecular formula is C52H66FN9O5. The number of likely N-dealkylation sites (tertiary alicyclic amines) is 1. The van der Waals surface area contributed by atoms with Crippen molar-refractivity contribution in [3.63, 3.8) is 0 Å². The molecule has 356 valence electrons. The molecule has 1 aliphatic carbocycles. The van der Waals surface area contributed by atoms with E-state index < -0.39 is 17.8 Å². The Balaban J connectivity index is 0.705. The average molecular weight is 916 g/mol. The molecule has 4 aromatic rings. The van der Waals surface area contributed by atoms with E-state index in [4.69, 9.17) is 0 Å². The van der Waals surface area contributed by atoms with E-state index in [1.807, 2.05) is 40.1 Å². The smallest absolute Gasteiger partial charge is 0.272 e. The summed E-state index contributed by atoms with van der Waals surface area (Å²) in [5, 5.41) is 14.7. The molecule has 2 atom stereocenters. The molecule has 4 aliphatic heterocycles. The van der Waals surface area contributed by atoms with Gasteiger partial charge in [-0.1, -0.05) is 55.7 Å². The van der Waals surface area contributed by atoms with E-state index in [1.165, 1.54) is 18.1 Å². The van der Waals surface area contributed by atoms with Crippen LogP contribution in [0, 0.1) is 17.7 Å². The Hall–Kier alpha value is -5.51. The normalized spacial score (nSPS) is 21.0. The minimum Gasteiger partial charge on any atom is -0.341 e. The van der Waals surface area contributed by atoms with Crippen molar-refractivity contribution >= 4 is 34.4 Å². The molecule has 4 saturated heterocycles. The lowest BCUT2D eigenvalue weighted by Crippen LogP contribution is -2.55. The third-order valence-corrected chi connectivity index (χ3v) is 15.2. The van der Waals surface area contributed by atoms with Gasteiger partial charge in [-0.3, -0.25) is 28.9 Å². The summed E-state index contributed by atoms with van der Waals surface area (Å²) in [7, 11) is 0. The minimum absolute atomic E-state index is 0.0169. The molecule has 0 radical (unpaired) electrons. The molecule has 9 rings (SSSR count). The molecule has 67 heavy (non-hydrogen) atoms. The highest BCUT2D eigenvalue weighted by Gasteiger charge is 2.36. The first-order valence-electron chi connectivity index (χ1n) is 24.8. The predicted octanol–water partition coefficient (Wildman–Crippen LogP) is 4.64. The zero-order valence-corrected chi connectivity index (χ0v) is 38.7. The quantitative estimate of drug-likeness (QED) is 0.185. The maximum atomic E-state index is 15.1. The second kappa shape index (κ2) is 21.6. The largest absolute Gasteiger partial charge is 0.341 e. The fraction of sp³-hybridized carbons (Fsp3) is 0.538. The van der Waals surface area contributed by atoms with Crippen molar-refractivity contribution in [3.8, 4) is 0 Å². The van der Waals surface area contributed by atoms with Crippen LogP contribution in [0.2, 0.25) is 0 Å². The highest BCUT2D eigenvalue weighted by atomic mass is 19.1. The van der Waals surface area contributed by atoms with Crippen molar-refractivity contribution < 1.29 is 23.6 Å². The van der Waals surface area contributed by atoms with Crippen LogP contribution in [0.15, 0.2) is 71.5 Å². The van der Waals surface area contributed by atoms with Crippen molar-refractivity contribution in [2.24, 2.45) is 11.8 Å². The predicted molar refractivity (Wildman–Crippen MR) is 255 cm³/mol. The van der Waals surface area contributed by atoms with Gasteiger partial charge in [0.05, 0.1) is 23.2 Å². The number of carbonyl (C=O) groups is 4. The van der Waals surface area contributed by atoms with Gasteiger partial charge in [-0.25, -0.2) is 9.49 Å². The first-order chi connectivity index (χ1) is 32.7. The molecule has 3 N–H and O–H groups in total. The molecule has 0 unspecified atom stereocenters. The number of hydrogen-bond donors (Lipinski definition) is 3. The number of piperazine rings is 2. The van der Waals surface area contributed by atoms with Crippen LogP contribution in [-0.2, 0) is 16.0 Å². The Bertz CT molecular complexity index is 2450. The monoisotopic (exact) mass is 916 g/mol. The Morgan fingerprint density at radius 1 is 0.731 bits per heavy atom. The van der Waals surface area contributed by atoms with E-state index >= 15 is 4.39 Å². The number of rotatable bonds is 12. The lowest BCUT2D eigenvalue weighted by atomic mass is 9.82. The Morgan fingerprint density at radius 3 is 2.21 bits per heavy atom. The number of nitrogens with one attached hydrogen (secondary N) is 3. The van der Waals surface area contributed by atoms with Crippen LogP contribution in [0.1, 0.15) is 101 Å². The number of fused-ring (bicyclic) bond motifs is 1. The number of benzene rings is 3. The fourth-order valence-electron chi connectivity index (χ4n) is 11.1. The first-order valence-corrected chi connectivity index (χ1v) is 24.8. The van der Waals surface area contributed by atoms with Crippen LogP contribution in [0.3, 0.4) is 0 Å². The van der Waals surface area contributed by atoms with Gasteiger partial charge in [0, 0.05) is 95.9 Å². The zero-order chi connectivity index (χ0) is 46.3. The Morgan fingerprint density at radius 2 is 1.46 bits per heavy atom. The highest BCUT2D eigenvalue weighted by molar-refractivity contribution is 5.98. The average Bonchev–Trinajstić information content (AvgIpc) is 3.38. The number of aromatic nitrogens is 2. The first kappa shape index (κ1) is 46.6. The summed E-state index contributed by atoms with van der Waals surface area (Å²) >= 11 is 0. The number of carbonyl (C=O) groups excluding carboxylic acids is 4. The van der Waals surface area contributed by atoms with Gasteiger partial charge in [-0.15, -0.1) is 0 Å². The molecule has 4 amide bonds. The molecule has 0 spiro atoms. The van der Waals surface area contributed by atoms with Crippen molar-refractivity contribution in [2.75, 3.05) is 91.6 Å². The molecule has 5 heterocycles. The van der Waals surface area contributed by atoms with Crippen LogP contribution in [0.25, 0.3) is 10.8 Å². The Labute approximate surface area is 392 Å². The molecule has 14 nitrogen and oxygen atoms in total. The molecule has 5 fully saturated rings. The summed E-state index contributed by atoms with van der Waals surface area (Å²) < 4.78 is 15.1.